The molecule has 1 amide bonds. The highest BCUT2D eigenvalue weighted by Gasteiger charge is 2.28. The first kappa shape index (κ1) is 20.6. The van der Waals surface area contributed by atoms with Crippen LogP contribution < -0.4 is 5.32 Å². The van der Waals surface area contributed by atoms with Gasteiger partial charge in [0.15, 0.2) is 5.69 Å². The van der Waals surface area contributed by atoms with Crippen molar-refractivity contribution >= 4 is 34.2 Å². The highest BCUT2D eigenvalue weighted by molar-refractivity contribution is 7.18. The first-order valence-electron chi connectivity index (χ1n) is 8.75. The second-order valence-corrected chi connectivity index (χ2v) is 6.65. The molecule has 0 radical (unpaired) electrons. The summed E-state index contributed by atoms with van der Waals surface area (Å²) in [7, 11) is 0. The van der Waals surface area contributed by atoms with Crippen molar-refractivity contribution in [1.29, 1.82) is 0 Å². The Kier molecular flexibility index (Phi) is 7.12. The molecule has 0 aliphatic carbocycles. The number of anilines is 1. The van der Waals surface area contributed by atoms with Crippen LogP contribution in [0.15, 0.2) is 12.3 Å². The summed E-state index contributed by atoms with van der Waals surface area (Å²) in [5, 5.41) is 7.06. The maximum Gasteiger partial charge on any atom is 0.348 e. The molecule has 0 saturated carbocycles. The first-order valence-corrected chi connectivity index (χ1v) is 9.56. The Morgan fingerprint density at radius 3 is 2.52 bits per heavy atom. The molecule has 2 aromatic rings. The summed E-state index contributed by atoms with van der Waals surface area (Å²) in [4.78, 5) is 37.4. The number of amides is 1. The van der Waals surface area contributed by atoms with Crippen LogP contribution in [0.3, 0.4) is 0 Å². The van der Waals surface area contributed by atoms with Crippen molar-refractivity contribution in [1.82, 2.24) is 9.78 Å². The molecule has 8 nitrogen and oxygen atoms in total. The molecular formula is C18H23N3O5S. The van der Waals surface area contributed by atoms with Crippen LogP contribution in [0, 0.1) is 6.92 Å². The molecule has 0 bridgehead atoms. The zero-order valence-corrected chi connectivity index (χ0v) is 16.6. The van der Waals surface area contributed by atoms with Gasteiger partial charge in [-0.3, -0.25) is 9.48 Å². The molecule has 0 atom stereocenters. The Morgan fingerprint density at radius 2 is 1.93 bits per heavy atom. The summed E-state index contributed by atoms with van der Waals surface area (Å²) in [5.74, 6) is -1.60. The van der Waals surface area contributed by atoms with E-state index in [1.54, 1.807) is 30.8 Å². The number of hydrogen-bond acceptors (Lipinski definition) is 7. The molecule has 0 fully saturated rings. The standard InChI is InChI=1S/C18H23N3O5S/c1-5-10-26-17(23)13-11(4)14(18(24)25-7-3)27-16(13)19-15(22)12-8-9-21(6-2)20-12/h8-9H,5-7,10H2,1-4H3,(H,19,22). The van der Waals surface area contributed by atoms with Gasteiger partial charge in [0.1, 0.15) is 9.88 Å². The largest absolute Gasteiger partial charge is 0.462 e. The number of aryl methyl sites for hydroxylation is 1. The minimum Gasteiger partial charge on any atom is -0.462 e. The third-order valence-corrected chi connectivity index (χ3v) is 4.86. The third kappa shape index (κ3) is 4.73. The van der Waals surface area contributed by atoms with Gasteiger partial charge in [0.2, 0.25) is 0 Å². The summed E-state index contributed by atoms with van der Waals surface area (Å²) in [6.07, 6.45) is 2.35. The molecule has 0 saturated heterocycles. The molecule has 9 heteroatoms. The Morgan fingerprint density at radius 1 is 1.19 bits per heavy atom. The number of carbonyl (C=O) groups excluding carboxylic acids is 3. The van der Waals surface area contributed by atoms with Gasteiger partial charge in [-0.25, -0.2) is 9.59 Å². The van der Waals surface area contributed by atoms with Crippen molar-refractivity contribution in [2.45, 2.75) is 40.7 Å². The van der Waals surface area contributed by atoms with Gasteiger partial charge in [-0.2, -0.15) is 5.10 Å². The van der Waals surface area contributed by atoms with Crippen molar-refractivity contribution in [3.63, 3.8) is 0 Å². The molecule has 0 aliphatic heterocycles. The van der Waals surface area contributed by atoms with E-state index in [1.165, 1.54) is 0 Å². The zero-order chi connectivity index (χ0) is 20.0. The Balaban J connectivity index is 2.36. The normalized spacial score (nSPS) is 10.5. The first-order chi connectivity index (χ1) is 12.9. The topological polar surface area (TPSA) is 99.5 Å². The predicted octanol–water partition coefficient (Wildman–Crippen LogP) is 3.27. The summed E-state index contributed by atoms with van der Waals surface area (Å²) in [5.41, 5.74) is 0.808. The predicted molar refractivity (Wildman–Crippen MR) is 101 cm³/mol. The number of hydrogen-bond donors (Lipinski definition) is 1. The van der Waals surface area contributed by atoms with Crippen LogP contribution in [-0.4, -0.2) is 40.8 Å². The van der Waals surface area contributed by atoms with E-state index in [0.29, 0.717) is 18.5 Å². The number of carbonyl (C=O) groups is 3. The average Bonchev–Trinajstić information content (AvgIpc) is 3.24. The molecule has 0 unspecified atom stereocenters. The summed E-state index contributed by atoms with van der Waals surface area (Å²) in [6, 6.07) is 1.58. The van der Waals surface area contributed by atoms with Gasteiger partial charge in [0.05, 0.1) is 18.8 Å². The molecule has 1 N–H and O–H groups in total. The second kappa shape index (κ2) is 9.31. The summed E-state index contributed by atoms with van der Waals surface area (Å²) in [6.45, 7) is 8.21. The lowest BCUT2D eigenvalue weighted by Gasteiger charge is -2.07. The van der Waals surface area contributed by atoms with Crippen LogP contribution in [0.5, 0.6) is 0 Å². The number of nitrogens with zero attached hydrogens (tertiary/aromatic N) is 2. The van der Waals surface area contributed by atoms with E-state index >= 15 is 0 Å². The van der Waals surface area contributed by atoms with Crippen LogP contribution in [0.2, 0.25) is 0 Å². The fourth-order valence-electron chi connectivity index (χ4n) is 2.33. The fourth-order valence-corrected chi connectivity index (χ4v) is 3.42. The van der Waals surface area contributed by atoms with E-state index < -0.39 is 17.8 Å². The third-order valence-electron chi connectivity index (χ3n) is 3.67. The van der Waals surface area contributed by atoms with E-state index in [4.69, 9.17) is 9.47 Å². The number of rotatable bonds is 8. The van der Waals surface area contributed by atoms with Crippen molar-refractivity contribution in [3.05, 3.63) is 34.0 Å². The quantitative estimate of drug-likeness (QED) is 0.691. The van der Waals surface area contributed by atoms with Crippen LogP contribution in [0.1, 0.15) is 63.3 Å². The average molecular weight is 393 g/mol. The number of thiophene rings is 1. The number of esters is 2. The SMILES string of the molecule is CCCOC(=O)c1c(NC(=O)c2ccn(CC)n2)sc(C(=O)OCC)c1C. The van der Waals surface area contributed by atoms with Crippen LogP contribution >= 0.6 is 11.3 Å². The summed E-state index contributed by atoms with van der Waals surface area (Å²) >= 11 is 0.990. The Hall–Kier alpha value is -2.68. The number of aromatic nitrogens is 2. The Labute approximate surface area is 161 Å². The van der Waals surface area contributed by atoms with E-state index in [1.807, 2.05) is 13.8 Å². The molecule has 0 aromatic carbocycles. The molecule has 0 aliphatic rings. The minimum atomic E-state index is -0.587. The van der Waals surface area contributed by atoms with E-state index in [-0.39, 0.29) is 34.3 Å². The monoisotopic (exact) mass is 393 g/mol. The van der Waals surface area contributed by atoms with Gasteiger partial charge in [0, 0.05) is 12.7 Å². The Bertz CT molecular complexity index is 840. The van der Waals surface area contributed by atoms with Crippen molar-refractivity contribution in [3.8, 4) is 0 Å². The molecular weight excluding hydrogens is 370 g/mol. The van der Waals surface area contributed by atoms with Gasteiger partial charge in [-0.15, -0.1) is 11.3 Å². The van der Waals surface area contributed by atoms with Gasteiger partial charge in [-0.05, 0) is 38.8 Å². The lowest BCUT2D eigenvalue weighted by molar-refractivity contribution is 0.0506. The van der Waals surface area contributed by atoms with Crippen LogP contribution in [0.4, 0.5) is 5.00 Å². The molecule has 2 heterocycles. The lowest BCUT2D eigenvalue weighted by Crippen LogP contribution is -2.16. The smallest absolute Gasteiger partial charge is 0.348 e. The molecule has 0 spiro atoms. The van der Waals surface area contributed by atoms with Crippen LogP contribution in [-0.2, 0) is 16.0 Å². The number of nitrogens with one attached hydrogen (secondary N) is 1. The zero-order valence-electron chi connectivity index (χ0n) is 15.8. The maximum absolute atomic E-state index is 12.5. The van der Waals surface area contributed by atoms with Crippen molar-refractivity contribution in [2.24, 2.45) is 0 Å². The maximum atomic E-state index is 12.5. The minimum absolute atomic E-state index is 0.166. The number of ether oxygens (including phenoxy) is 2. The lowest BCUT2D eigenvalue weighted by atomic mass is 10.1. The fraction of sp³-hybridized carbons (Fsp3) is 0.444. The molecule has 2 rings (SSSR count). The summed E-state index contributed by atoms with van der Waals surface area (Å²) < 4.78 is 11.9. The van der Waals surface area contributed by atoms with E-state index in [0.717, 1.165) is 11.3 Å². The van der Waals surface area contributed by atoms with E-state index in [9.17, 15) is 14.4 Å². The molecule has 27 heavy (non-hydrogen) atoms. The van der Waals surface area contributed by atoms with Gasteiger partial charge >= 0.3 is 11.9 Å². The highest BCUT2D eigenvalue weighted by Crippen LogP contribution is 2.34. The molecule has 146 valence electrons. The second-order valence-electron chi connectivity index (χ2n) is 5.63. The highest BCUT2D eigenvalue weighted by atomic mass is 32.1. The van der Waals surface area contributed by atoms with Gasteiger partial charge < -0.3 is 14.8 Å². The van der Waals surface area contributed by atoms with Crippen LogP contribution in [0.25, 0.3) is 0 Å². The van der Waals surface area contributed by atoms with E-state index in [2.05, 4.69) is 10.4 Å². The molecule has 2 aromatic heterocycles. The van der Waals surface area contributed by atoms with Crippen molar-refractivity contribution in [2.75, 3.05) is 18.5 Å². The van der Waals surface area contributed by atoms with Crippen molar-refractivity contribution < 1.29 is 23.9 Å². The van der Waals surface area contributed by atoms with Gasteiger partial charge in [0.25, 0.3) is 5.91 Å². The van der Waals surface area contributed by atoms with Gasteiger partial charge in [-0.1, -0.05) is 6.92 Å².